The van der Waals surface area contributed by atoms with E-state index in [0.29, 0.717) is 11.3 Å². The van der Waals surface area contributed by atoms with Gasteiger partial charge in [-0.15, -0.1) is 0 Å². The Morgan fingerprint density at radius 1 is 1.29 bits per heavy atom. The van der Waals surface area contributed by atoms with Gasteiger partial charge in [-0.25, -0.2) is 18.6 Å². The number of aromatic carboxylic acids is 1. The minimum atomic E-state index is -1.24. The van der Waals surface area contributed by atoms with Gasteiger partial charge in [0.2, 0.25) is 0 Å². The Kier molecular flexibility index (Phi) is 2.94. The van der Waals surface area contributed by atoms with E-state index in [1.807, 2.05) is 0 Å². The molecule has 0 atom stereocenters. The van der Waals surface area contributed by atoms with Crippen molar-refractivity contribution in [2.75, 3.05) is 0 Å². The third kappa shape index (κ3) is 2.05. The van der Waals surface area contributed by atoms with Crippen LogP contribution < -0.4 is 0 Å². The van der Waals surface area contributed by atoms with Crippen LogP contribution in [0.25, 0.3) is 22.4 Å². The lowest BCUT2D eigenvalue weighted by molar-refractivity contribution is 0.0698. The number of hydrogen-bond acceptors (Lipinski definition) is 3. The van der Waals surface area contributed by atoms with E-state index in [4.69, 9.17) is 4.42 Å². The van der Waals surface area contributed by atoms with E-state index in [1.165, 1.54) is 6.26 Å². The van der Waals surface area contributed by atoms with E-state index < -0.39 is 17.6 Å². The SMILES string of the molecule is Cc1c(-c2ccco2)nc2cc(F)c(F)cc2c1C(=O)O. The summed E-state index contributed by atoms with van der Waals surface area (Å²) in [6, 6.07) is 4.97. The van der Waals surface area contributed by atoms with E-state index >= 15 is 0 Å². The molecular weight excluding hydrogens is 280 g/mol. The van der Waals surface area contributed by atoms with E-state index in [9.17, 15) is 18.7 Å². The summed E-state index contributed by atoms with van der Waals surface area (Å²) in [7, 11) is 0. The van der Waals surface area contributed by atoms with Crippen molar-refractivity contribution in [3.8, 4) is 11.5 Å². The molecule has 4 nitrogen and oxygen atoms in total. The molecule has 3 aromatic rings. The van der Waals surface area contributed by atoms with Crippen LogP contribution in [-0.4, -0.2) is 16.1 Å². The molecule has 1 aromatic carbocycles. The van der Waals surface area contributed by atoms with Crippen LogP contribution in [0.2, 0.25) is 0 Å². The highest BCUT2D eigenvalue weighted by atomic mass is 19.2. The molecule has 2 heterocycles. The molecule has 0 bridgehead atoms. The number of pyridine rings is 1. The number of carboxylic acid groups (broad SMARTS) is 1. The van der Waals surface area contributed by atoms with Gasteiger partial charge in [0.15, 0.2) is 17.4 Å². The first-order chi connectivity index (χ1) is 9.99. The van der Waals surface area contributed by atoms with Crippen molar-refractivity contribution >= 4 is 16.9 Å². The maximum Gasteiger partial charge on any atom is 0.336 e. The summed E-state index contributed by atoms with van der Waals surface area (Å²) < 4.78 is 32.0. The Morgan fingerprint density at radius 2 is 2.00 bits per heavy atom. The van der Waals surface area contributed by atoms with Crippen molar-refractivity contribution in [2.24, 2.45) is 0 Å². The van der Waals surface area contributed by atoms with E-state index in [2.05, 4.69) is 4.98 Å². The molecule has 0 saturated carbocycles. The van der Waals surface area contributed by atoms with Crippen molar-refractivity contribution < 1.29 is 23.1 Å². The molecule has 3 rings (SSSR count). The average molecular weight is 289 g/mol. The Bertz CT molecular complexity index is 857. The van der Waals surface area contributed by atoms with Crippen LogP contribution in [0.1, 0.15) is 15.9 Å². The van der Waals surface area contributed by atoms with Crippen molar-refractivity contribution in [1.29, 1.82) is 0 Å². The normalized spacial score (nSPS) is 11.0. The molecule has 0 spiro atoms. The maximum absolute atomic E-state index is 13.4. The van der Waals surface area contributed by atoms with Crippen LogP contribution in [0.15, 0.2) is 34.9 Å². The van der Waals surface area contributed by atoms with Crippen LogP contribution >= 0.6 is 0 Å². The predicted octanol–water partition coefficient (Wildman–Crippen LogP) is 3.78. The molecule has 0 saturated heterocycles. The first-order valence-electron chi connectivity index (χ1n) is 6.05. The second kappa shape index (κ2) is 4.66. The quantitative estimate of drug-likeness (QED) is 0.779. The molecule has 0 aliphatic rings. The van der Waals surface area contributed by atoms with Gasteiger partial charge >= 0.3 is 5.97 Å². The molecular formula is C15H9F2NO3. The molecule has 1 N–H and O–H groups in total. The number of rotatable bonds is 2. The fraction of sp³-hybridized carbons (Fsp3) is 0.0667. The number of furan rings is 1. The molecule has 0 fully saturated rings. The van der Waals surface area contributed by atoms with Gasteiger partial charge < -0.3 is 9.52 Å². The molecule has 2 aromatic heterocycles. The second-order valence-corrected chi connectivity index (χ2v) is 4.53. The zero-order valence-corrected chi connectivity index (χ0v) is 10.9. The number of fused-ring (bicyclic) bond motifs is 1. The number of carboxylic acids is 1. The van der Waals surface area contributed by atoms with E-state index in [-0.39, 0.29) is 22.2 Å². The highest BCUT2D eigenvalue weighted by Crippen LogP contribution is 2.31. The Morgan fingerprint density at radius 3 is 2.62 bits per heavy atom. The average Bonchev–Trinajstić information content (AvgIpc) is 2.93. The highest BCUT2D eigenvalue weighted by molar-refractivity contribution is 6.05. The van der Waals surface area contributed by atoms with Gasteiger partial charge in [-0.1, -0.05) is 0 Å². The summed E-state index contributed by atoms with van der Waals surface area (Å²) >= 11 is 0. The van der Waals surface area contributed by atoms with Gasteiger partial charge in [0.25, 0.3) is 0 Å². The number of nitrogens with zero attached hydrogens (tertiary/aromatic N) is 1. The summed E-state index contributed by atoms with van der Waals surface area (Å²) in [4.78, 5) is 15.7. The number of benzene rings is 1. The first-order valence-corrected chi connectivity index (χ1v) is 6.05. The van der Waals surface area contributed by atoms with Gasteiger partial charge in [-0.3, -0.25) is 0 Å². The highest BCUT2D eigenvalue weighted by Gasteiger charge is 2.21. The fourth-order valence-electron chi connectivity index (χ4n) is 2.28. The lowest BCUT2D eigenvalue weighted by Gasteiger charge is -2.10. The number of halogens is 2. The summed E-state index contributed by atoms with van der Waals surface area (Å²) in [5, 5.41) is 9.42. The molecule has 0 unspecified atom stereocenters. The van der Waals surface area contributed by atoms with Crippen LogP contribution in [0.3, 0.4) is 0 Å². The van der Waals surface area contributed by atoms with Gasteiger partial charge in [0.1, 0.15) is 5.69 Å². The van der Waals surface area contributed by atoms with Crippen LogP contribution in [0.5, 0.6) is 0 Å². The molecule has 21 heavy (non-hydrogen) atoms. The Labute approximate surface area is 117 Å². The second-order valence-electron chi connectivity index (χ2n) is 4.53. The van der Waals surface area contributed by atoms with Crippen LogP contribution in [0.4, 0.5) is 8.78 Å². The summed E-state index contributed by atoms with van der Waals surface area (Å²) in [5.74, 6) is -3.07. The largest absolute Gasteiger partial charge is 0.478 e. The topological polar surface area (TPSA) is 63.3 Å². The third-order valence-corrected chi connectivity index (χ3v) is 3.24. The third-order valence-electron chi connectivity index (χ3n) is 3.24. The van der Waals surface area contributed by atoms with E-state index in [1.54, 1.807) is 19.1 Å². The van der Waals surface area contributed by atoms with Crippen LogP contribution in [-0.2, 0) is 0 Å². The lowest BCUT2D eigenvalue weighted by atomic mass is 10.00. The number of aromatic nitrogens is 1. The smallest absolute Gasteiger partial charge is 0.336 e. The van der Waals surface area contributed by atoms with Crippen molar-refractivity contribution in [3.63, 3.8) is 0 Å². The first kappa shape index (κ1) is 13.2. The van der Waals surface area contributed by atoms with Gasteiger partial charge in [0.05, 0.1) is 17.3 Å². The maximum atomic E-state index is 13.4. The monoisotopic (exact) mass is 289 g/mol. The van der Waals surface area contributed by atoms with Gasteiger partial charge in [-0.05, 0) is 30.7 Å². The van der Waals surface area contributed by atoms with Crippen molar-refractivity contribution in [1.82, 2.24) is 4.98 Å². The van der Waals surface area contributed by atoms with Crippen molar-refractivity contribution in [3.05, 3.63) is 53.3 Å². The number of hydrogen-bond donors (Lipinski definition) is 1. The number of carbonyl (C=O) groups is 1. The molecule has 106 valence electrons. The van der Waals surface area contributed by atoms with E-state index in [0.717, 1.165) is 12.1 Å². The standard InChI is InChI=1S/C15H9F2NO3/c1-7-13(15(19)20)8-5-9(16)10(17)6-11(8)18-14(7)12-3-2-4-21-12/h2-6H,1H3,(H,19,20). The zero-order valence-electron chi connectivity index (χ0n) is 10.9. The molecule has 0 aliphatic heterocycles. The minimum Gasteiger partial charge on any atom is -0.478 e. The van der Waals surface area contributed by atoms with Crippen LogP contribution in [0, 0.1) is 18.6 Å². The molecule has 0 radical (unpaired) electrons. The fourth-order valence-corrected chi connectivity index (χ4v) is 2.28. The van der Waals surface area contributed by atoms with Crippen molar-refractivity contribution in [2.45, 2.75) is 6.92 Å². The molecule has 6 heteroatoms. The van der Waals surface area contributed by atoms with Gasteiger partial charge in [0, 0.05) is 11.5 Å². The Balaban J connectivity index is 2.45. The zero-order chi connectivity index (χ0) is 15.1. The minimum absolute atomic E-state index is 0.0502. The summed E-state index contributed by atoms with van der Waals surface area (Å²) in [5.41, 5.74) is 0.556. The summed E-state index contributed by atoms with van der Waals surface area (Å²) in [6.07, 6.45) is 1.42. The Hall–Kier alpha value is -2.76. The molecule has 0 amide bonds. The predicted molar refractivity (Wildman–Crippen MR) is 71.1 cm³/mol. The van der Waals surface area contributed by atoms with Gasteiger partial charge in [-0.2, -0.15) is 0 Å². The molecule has 0 aliphatic carbocycles. The lowest BCUT2D eigenvalue weighted by Crippen LogP contribution is -2.05. The summed E-state index contributed by atoms with van der Waals surface area (Å²) in [6.45, 7) is 1.55.